The molecule has 3 aromatic carbocycles. The molecule has 0 aliphatic rings. The SMILES string of the molecule is Cc1cc(/C=N/NC(=O)CN(c2cccc(Cl)c2Cl)S(=O)(=O)c2ccccc2)c(C)n1-c1ccc(Cl)cc1. The first kappa shape index (κ1) is 27.7. The van der Waals surface area contributed by atoms with Crippen molar-refractivity contribution in [3.05, 3.63) is 111 Å². The molecule has 0 radical (unpaired) electrons. The van der Waals surface area contributed by atoms with Gasteiger partial charge in [-0.3, -0.25) is 9.10 Å². The summed E-state index contributed by atoms with van der Waals surface area (Å²) in [5, 5.41) is 4.88. The lowest BCUT2D eigenvalue weighted by molar-refractivity contribution is -0.119. The molecule has 1 aromatic heterocycles. The highest BCUT2D eigenvalue weighted by Crippen LogP contribution is 2.35. The molecule has 1 amide bonds. The van der Waals surface area contributed by atoms with Crippen LogP contribution in [-0.2, 0) is 14.8 Å². The van der Waals surface area contributed by atoms with E-state index in [1.165, 1.54) is 30.5 Å². The number of amides is 1. The van der Waals surface area contributed by atoms with Crippen molar-refractivity contribution in [3.63, 3.8) is 0 Å². The zero-order chi connectivity index (χ0) is 27.4. The molecule has 0 atom stereocenters. The number of nitrogens with zero attached hydrogens (tertiary/aromatic N) is 3. The molecule has 0 spiro atoms. The molecule has 0 aliphatic heterocycles. The highest BCUT2D eigenvalue weighted by molar-refractivity contribution is 7.92. The van der Waals surface area contributed by atoms with Gasteiger partial charge in [-0.15, -0.1) is 0 Å². The van der Waals surface area contributed by atoms with Crippen molar-refractivity contribution in [2.75, 3.05) is 10.8 Å². The molecule has 4 aromatic rings. The summed E-state index contributed by atoms with van der Waals surface area (Å²) in [6, 6.07) is 21.7. The number of halogens is 3. The zero-order valence-electron chi connectivity index (χ0n) is 20.4. The van der Waals surface area contributed by atoms with Crippen LogP contribution in [0.15, 0.2) is 88.9 Å². The van der Waals surface area contributed by atoms with Crippen LogP contribution in [-0.4, -0.2) is 31.7 Å². The van der Waals surface area contributed by atoms with Crippen LogP contribution in [0.4, 0.5) is 5.69 Å². The van der Waals surface area contributed by atoms with Crippen LogP contribution in [0.1, 0.15) is 17.0 Å². The molecule has 0 saturated heterocycles. The number of nitrogens with one attached hydrogen (secondary N) is 1. The Kier molecular flexibility index (Phi) is 8.47. The molecule has 0 unspecified atom stereocenters. The first-order valence-electron chi connectivity index (χ1n) is 11.4. The Bertz CT molecular complexity index is 1600. The first-order chi connectivity index (χ1) is 18.1. The summed E-state index contributed by atoms with van der Waals surface area (Å²) in [6.07, 6.45) is 1.51. The van der Waals surface area contributed by atoms with Gasteiger partial charge in [0.2, 0.25) is 0 Å². The van der Waals surface area contributed by atoms with Crippen LogP contribution in [0.25, 0.3) is 5.69 Å². The highest BCUT2D eigenvalue weighted by Gasteiger charge is 2.29. The molecular weight excluding hydrogens is 567 g/mol. The molecule has 38 heavy (non-hydrogen) atoms. The minimum absolute atomic E-state index is 0.00184. The van der Waals surface area contributed by atoms with Crippen LogP contribution >= 0.6 is 34.8 Å². The molecule has 0 fully saturated rings. The number of benzene rings is 3. The number of carbonyl (C=O) groups is 1. The van der Waals surface area contributed by atoms with Crippen molar-refractivity contribution in [3.8, 4) is 5.69 Å². The van der Waals surface area contributed by atoms with Crippen molar-refractivity contribution in [2.45, 2.75) is 18.7 Å². The van der Waals surface area contributed by atoms with Gasteiger partial charge in [-0.2, -0.15) is 5.10 Å². The molecule has 1 N–H and O–H groups in total. The van der Waals surface area contributed by atoms with Gasteiger partial charge in [0.25, 0.3) is 15.9 Å². The molecular formula is C27H23Cl3N4O3S. The van der Waals surface area contributed by atoms with Crippen molar-refractivity contribution in [2.24, 2.45) is 5.10 Å². The van der Waals surface area contributed by atoms with Gasteiger partial charge in [-0.05, 0) is 68.4 Å². The van der Waals surface area contributed by atoms with E-state index in [4.69, 9.17) is 34.8 Å². The third-order valence-corrected chi connectivity index (χ3v) is 8.60. The predicted octanol–water partition coefficient (Wildman–Crippen LogP) is 6.40. The number of hydrogen-bond donors (Lipinski definition) is 1. The maximum Gasteiger partial charge on any atom is 0.264 e. The number of aryl methyl sites for hydroxylation is 1. The summed E-state index contributed by atoms with van der Waals surface area (Å²) in [5.74, 6) is -0.664. The largest absolute Gasteiger partial charge is 0.318 e. The van der Waals surface area contributed by atoms with Gasteiger partial charge in [-0.25, -0.2) is 13.8 Å². The summed E-state index contributed by atoms with van der Waals surface area (Å²) in [4.78, 5) is 12.9. The minimum Gasteiger partial charge on any atom is -0.318 e. The van der Waals surface area contributed by atoms with Gasteiger partial charge in [0.15, 0.2) is 0 Å². The normalized spacial score (nSPS) is 11.6. The molecule has 0 bridgehead atoms. The Morgan fingerprint density at radius 3 is 2.34 bits per heavy atom. The summed E-state index contributed by atoms with van der Waals surface area (Å²) < 4.78 is 29.9. The average Bonchev–Trinajstić information content (AvgIpc) is 3.18. The van der Waals surface area contributed by atoms with Crippen LogP contribution in [0.5, 0.6) is 0 Å². The molecule has 7 nitrogen and oxygen atoms in total. The fraction of sp³-hybridized carbons (Fsp3) is 0.111. The molecule has 0 saturated carbocycles. The summed E-state index contributed by atoms with van der Waals surface area (Å²) >= 11 is 18.5. The Morgan fingerprint density at radius 1 is 0.974 bits per heavy atom. The second kappa shape index (κ2) is 11.6. The van der Waals surface area contributed by atoms with E-state index in [0.717, 1.165) is 26.9 Å². The van der Waals surface area contributed by atoms with E-state index in [1.54, 1.807) is 24.3 Å². The van der Waals surface area contributed by atoms with Crippen LogP contribution < -0.4 is 9.73 Å². The van der Waals surface area contributed by atoms with Gasteiger partial charge >= 0.3 is 0 Å². The third-order valence-electron chi connectivity index (χ3n) is 5.77. The fourth-order valence-corrected chi connectivity index (χ4v) is 5.98. The van der Waals surface area contributed by atoms with E-state index in [2.05, 4.69) is 10.5 Å². The number of hydrogen-bond acceptors (Lipinski definition) is 4. The summed E-state index contributed by atoms with van der Waals surface area (Å²) in [6.45, 7) is 3.32. The number of aromatic nitrogens is 1. The van der Waals surface area contributed by atoms with E-state index >= 15 is 0 Å². The number of anilines is 1. The Hall–Kier alpha value is -3.30. The van der Waals surface area contributed by atoms with Gasteiger partial charge < -0.3 is 4.57 Å². The van der Waals surface area contributed by atoms with E-state index in [1.807, 2.05) is 48.7 Å². The van der Waals surface area contributed by atoms with Crippen LogP contribution in [0.2, 0.25) is 15.1 Å². The molecule has 11 heteroatoms. The molecule has 0 aliphatic carbocycles. The Labute approximate surface area is 236 Å². The first-order valence-corrected chi connectivity index (χ1v) is 14.0. The molecule has 4 rings (SSSR count). The highest BCUT2D eigenvalue weighted by atomic mass is 35.5. The Morgan fingerprint density at radius 2 is 1.66 bits per heavy atom. The zero-order valence-corrected chi connectivity index (χ0v) is 23.5. The van der Waals surface area contributed by atoms with Crippen molar-refractivity contribution in [1.82, 2.24) is 9.99 Å². The van der Waals surface area contributed by atoms with E-state index in [-0.39, 0.29) is 20.6 Å². The van der Waals surface area contributed by atoms with E-state index in [0.29, 0.717) is 5.02 Å². The smallest absolute Gasteiger partial charge is 0.264 e. The lowest BCUT2D eigenvalue weighted by Crippen LogP contribution is -2.39. The van der Waals surface area contributed by atoms with Crippen molar-refractivity contribution in [1.29, 1.82) is 0 Å². The van der Waals surface area contributed by atoms with Crippen LogP contribution in [0, 0.1) is 13.8 Å². The average molecular weight is 590 g/mol. The van der Waals surface area contributed by atoms with Crippen LogP contribution in [0.3, 0.4) is 0 Å². The summed E-state index contributed by atoms with van der Waals surface area (Å²) in [5.41, 5.74) is 6.08. The number of carbonyl (C=O) groups excluding carboxylic acids is 1. The predicted molar refractivity (Wildman–Crippen MR) is 153 cm³/mol. The van der Waals surface area contributed by atoms with Gasteiger partial charge in [0.1, 0.15) is 6.54 Å². The Balaban J connectivity index is 1.57. The van der Waals surface area contributed by atoms with Gasteiger partial charge in [0.05, 0.1) is 26.8 Å². The number of hydrazone groups is 1. The maximum atomic E-state index is 13.5. The lowest BCUT2D eigenvalue weighted by Gasteiger charge is -2.24. The third kappa shape index (κ3) is 5.89. The monoisotopic (exact) mass is 588 g/mol. The van der Waals surface area contributed by atoms with Gasteiger partial charge in [0, 0.05) is 27.7 Å². The van der Waals surface area contributed by atoms with E-state index < -0.39 is 22.5 Å². The second-order valence-electron chi connectivity index (χ2n) is 8.33. The molecule has 196 valence electrons. The van der Waals surface area contributed by atoms with Gasteiger partial charge in [-0.1, -0.05) is 59.1 Å². The minimum atomic E-state index is -4.14. The molecule has 1 heterocycles. The van der Waals surface area contributed by atoms with Crippen molar-refractivity contribution < 1.29 is 13.2 Å². The quantitative estimate of drug-likeness (QED) is 0.191. The standard InChI is InChI=1S/C27H23Cl3N4O3S/c1-18-15-20(19(2)34(18)22-13-11-21(28)12-14-22)16-31-32-26(35)17-33(25-10-6-9-24(29)27(25)30)38(36,37)23-7-4-3-5-8-23/h3-16H,17H2,1-2H3,(H,32,35)/b31-16+. The van der Waals surface area contributed by atoms with E-state index in [9.17, 15) is 13.2 Å². The lowest BCUT2D eigenvalue weighted by atomic mass is 10.2. The topological polar surface area (TPSA) is 83.8 Å². The summed E-state index contributed by atoms with van der Waals surface area (Å²) in [7, 11) is -4.14. The van der Waals surface area contributed by atoms with Crippen molar-refractivity contribution >= 4 is 62.6 Å². The fourth-order valence-electron chi connectivity index (χ4n) is 3.95. The number of rotatable bonds is 8. The maximum absolute atomic E-state index is 13.5. The number of sulfonamides is 1. The second-order valence-corrected chi connectivity index (χ2v) is 11.4.